The quantitative estimate of drug-likeness (QED) is 0.256. The Morgan fingerprint density at radius 1 is 1.37 bits per heavy atom. The van der Waals surface area contributed by atoms with E-state index in [1.807, 2.05) is 38.4 Å². The van der Waals surface area contributed by atoms with Crippen LogP contribution in [0.15, 0.2) is 57.0 Å². The highest BCUT2D eigenvalue weighted by molar-refractivity contribution is 9.10. The molecule has 0 saturated carbocycles. The molecule has 0 fully saturated rings. The van der Waals surface area contributed by atoms with Gasteiger partial charge in [-0.25, -0.2) is 10.4 Å². The van der Waals surface area contributed by atoms with E-state index < -0.39 is 0 Å². The van der Waals surface area contributed by atoms with Crippen molar-refractivity contribution in [1.82, 2.24) is 15.4 Å². The van der Waals surface area contributed by atoms with Crippen molar-refractivity contribution in [2.75, 3.05) is 12.1 Å². The Bertz CT molecular complexity index is 1180. The summed E-state index contributed by atoms with van der Waals surface area (Å²) in [6, 6.07) is 7.26. The number of anilines is 1. The Morgan fingerprint density at radius 2 is 2.13 bits per heavy atom. The van der Waals surface area contributed by atoms with Crippen LogP contribution in [0.5, 0.6) is 0 Å². The fourth-order valence-corrected chi connectivity index (χ4v) is 4.65. The predicted octanol–water partition coefficient (Wildman–Crippen LogP) is 5.31. The third-order valence-corrected chi connectivity index (χ3v) is 6.40. The highest BCUT2D eigenvalue weighted by Gasteiger charge is 2.19. The monoisotopic (exact) mass is 506 g/mol. The van der Waals surface area contributed by atoms with E-state index >= 15 is 0 Å². The number of fused-ring (bicyclic) bond motifs is 1. The lowest BCUT2D eigenvalue weighted by Gasteiger charge is -2.17. The molecular weight excluding hydrogens is 488 g/mol. The number of aromatic amines is 1. The number of halogens is 2. The van der Waals surface area contributed by atoms with Crippen molar-refractivity contribution in [2.45, 2.75) is 24.6 Å². The van der Waals surface area contributed by atoms with Crippen LogP contribution in [-0.4, -0.2) is 22.8 Å². The van der Waals surface area contributed by atoms with Crippen molar-refractivity contribution in [3.05, 3.63) is 73.6 Å². The first-order valence-electron chi connectivity index (χ1n) is 9.09. The number of pyridine rings is 2. The molecule has 6 nitrogen and oxygen atoms in total. The minimum Gasteiger partial charge on any atom is -0.348 e. The van der Waals surface area contributed by atoms with Gasteiger partial charge in [-0.1, -0.05) is 23.7 Å². The molecule has 0 atom stereocenters. The van der Waals surface area contributed by atoms with E-state index in [4.69, 9.17) is 11.6 Å². The molecule has 2 aromatic heterocycles. The van der Waals surface area contributed by atoms with Crippen LogP contribution in [0.2, 0.25) is 5.02 Å². The Kier molecular flexibility index (Phi) is 7.36. The van der Waals surface area contributed by atoms with Gasteiger partial charge in [0.05, 0.1) is 26.5 Å². The molecule has 9 heteroatoms. The second-order valence-electron chi connectivity index (χ2n) is 6.38. The van der Waals surface area contributed by atoms with Gasteiger partial charge in [0, 0.05) is 29.7 Å². The number of carbonyl (C=O) groups is 1. The fraction of sp³-hybridized carbons (Fsp3) is 0.190. The summed E-state index contributed by atoms with van der Waals surface area (Å²) in [7, 11) is 1.81. The molecule has 0 spiro atoms. The van der Waals surface area contributed by atoms with Crippen LogP contribution < -0.4 is 15.9 Å². The molecule has 0 unspecified atom stereocenters. The lowest BCUT2D eigenvalue weighted by atomic mass is 10.1. The Morgan fingerprint density at radius 3 is 2.73 bits per heavy atom. The lowest BCUT2D eigenvalue weighted by molar-refractivity contribution is 0.101. The highest BCUT2D eigenvalue weighted by Crippen LogP contribution is 2.31. The van der Waals surface area contributed by atoms with Crippen LogP contribution in [0.25, 0.3) is 10.9 Å². The number of thioether (sulfide) groups is 1. The van der Waals surface area contributed by atoms with Crippen LogP contribution in [0.4, 0.5) is 5.82 Å². The maximum atomic E-state index is 13.0. The summed E-state index contributed by atoms with van der Waals surface area (Å²) < 4.78 is 0.707. The number of H-pyrrole nitrogens is 1. The first-order valence-corrected chi connectivity index (χ1v) is 11.2. The number of benzene rings is 1. The number of aromatic nitrogens is 2. The van der Waals surface area contributed by atoms with Gasteiger partial charge in [0.1, 0.15) is 5.82 Å². The molecule has 1 aromatic carbocycles. The zero-order valence-electron chi connectivity index (χ0n) is 16.6. The second kappa shape index (κ2) is 9.78. The van der Waals surface area contributed by atoms with Gasteiger partial charge in [-0.3, -0.25) is 14.6 Å². The van der Waals surface area contributed by atoms with E-state index in [9.17, 15) is 9.59 Å². The zero-order valence-corrected chi connectivity index (χ0v) is 19.8. The van der Waals surface area contributed by atoms with Gasteiger partial charge >= 0.3 is 0 Å². The maximum absolute atomic E-state index is 13.0. The molecular formula is C21H20BrClN4O2S. The van der Waals surface area contributed by atoms with Crippen LogP contribution in [0, 0.1) is 0 Å². The first kappa shape index (κ1) is 22.6. The van der Waals surface area contributed by atoms with Crippen molar-refractivity contribution < 1.29 is 4.79 Å². The van der Waals surface area contributed by atoms with E-state index in [0.29, 0.717) is 31.2 Å². The van der Waals surface area contributed by atoms with E-state index in [1.54, 1.807) is 23.3 Å². The summed E-state index contributed by atoms with van der Waals surface area (Å²) in [5.74, 6) is 0.990. The Hall–Kier alpha value is -2.13. The van der Waals surface area contributed by atoms with E-state index in [-0.39, 0.29) is 16.8 Å². The van der Waals surface area contributed by atoms with Crippen LogP contribution in [-0.2, 0) is 5.75 Å². The molecule has 3 aromatic rings. The maximum Gasteiger partial charge on any atom is 0.202 e. The smallest absolute Gasteiger partial charge is 0.202 e. The largest absolute Gasteiger partial charge is 0.348 e. The van der Waals surface area contributed by atoms with E-state index in [2.05, 4.69) is 31.3 Å². The normalized spacial score (nSPS) is 11.4. The number of ketones is 1. The van der Waals surface area contributed by atoms with Crippen molar-refractivity contribution in [2.24, 2.45) is 0 Å². The number of Topliss-reactive ketones (excluding diaryl/α,β-unsaturated/α-hetero) is 1. The molecule has 0 aliphatic rings. The van der Waals surface area contributed by atoms with Gasteiger partial charge in [0.25, 0.3) is 0 Å². The second-order valence-corrected chi connectivity index (χ2v) is 8.63. The number of nitrogens with one attached hydrogen (secondary N) is 2. The average Bonchev–Trinajstić information content (AvgIpc) is 2.73. The van der Waals surface area contributed by atoms with Gasteiger partial charge < -0.3 is 4.98 Å². The van der Waals surface area contributed by atoms with Crippen molar-refractivity contribution >= 4 is 61.8 Å². The topological polar surface area (TPSA) is 78.1 Å². The summed E-state index contributed by atoms with van der Waals surface area (Å²) >= 11 is 11.1. The summed E-state index contributed by atoms with van der Waals surface area (Å²) in [5, 5.41) is 2.93. The van der Waals surface area contributed by atoms with Crippen LogP contribution in [0.3, 0.4) is 0 Å². The summed E-state index contributed by atoms with van der Waals surface area (Å²) in [6.07, 6.45) is 5.56. The minimum absolute atomic E-state index is 0.117. The van der Waals surface area contributed by atoms with Gasteiger partial charge in [-0.15, -0.1) is 11.8 Å². The van der Waals surface area contributed by atoms with Gasteiger partial charge in [0.2, 0.25) is 5.43 Å². The molecule has 2 heterocycles. The van der Waals surface area contributed by atoms with Crippen molar-refractivity contribution in [1.29, 1.82) is 0 Å². The molecule has 0 saturated heterocycles. The molecule has 3 rings (SSSR count). The molecule has 0 bridgehead atoms. The van der Waals surface area contributed by atoms with Crippen molar-refractivity contribution in [3.63, 3.8) is 0 Å². The van der Waals surface area contributed by atoms with Gasteiger partial charge in [-0.05, 0) is 53.5 Å². The van der Waals surface area contributed by atoms with Crippen LogP contribution in [0.1, 0.15) is 29.8 Å². The zero-order chi connectivity index (χ0) is 21.8. The lowest BCUT2D eigenvalue weighted by Crippen LogP contribution is -2.30. The predicted molar refractivity (Wildman–Crippen MR) is 127 cm³/mol. The number of hydrogen-bond donors (Lipinski definition) is 2. The molecule has 30 heavy (non-hydrogen) atoms. The van der Waals surface area contributed by atoms with E-state index in [0.717, 1.165) is 11.4 Å². The van der Waals surface area contributed by atoms with Crippen LogP contribution >= 0.6 is 39.3 Å². The number of hydrazine groups is 1. The molecule has 0 aliphatic carbocycles. The SMILES string of the molecule is C/C=C\N(NC)c1ccc(CSc2[nH]c3c(Br)ccc(Cl)c3c(=O)c2C(C)=O)cn1. The Balaban J connectivity index is 1.94. The molecule has 0 amide bonds. The summed E-state index contributed by atoms with van der Waals surface area (Å²) in [4.78, 5) is 32.9. The number of nitrogens with zero attached hydrogens (tertiary/aromatic N) is 2. The first-order chi connectivity index (χ1) is 14.4. The molecule has 0 radical (unpaired) electrons. The third-order valence-electron chi connectivity index (χ3n) is 4.35. The minimum atomic E-state index is -0.366. The number of hydrogen-bond acceptors (Lipinski definition) is 6. The number of allylic oxidation sites excluding steroid dienone is 1. The molecule has 2 N–H and O–H groups in total. The van der Waals surface area contributed by atoms with Crippen molar-refractivity contribution in [3.8, 4) is 0 Å². The fourth-order valence-electron chi connectivity index (χ4n) is 2.94. The Labute approximate surface area is 191 Å². The number of rotatable bonds is 7. The van der Waals surface area contributed by atoms with Gasteiger partial charge in [0.15, 0.2) is 5.78 Å². The van der Waals surface area contributed by atoms with Gasteiger partial charge in [-0.2, -0.15) is 0 Å². The summed E-state index contributed by atoms with van der Waals surface area (Å²) in [6.45, 7) is 3.31. The standard InChI is InChI=1S/C21H20BrClN4O2S/c1-4-9-27(24-3)16-8-5-13(10-25-16)11-30-21-17(12(2)28)20(29)18-15(23)7-6-14(22)19(18)26-21/h4-10,24H,11H2,1-3H3,(H,26,29)/b9-4-. The molecule has 0 aliphatic heterocycles. The van der Waals surface area contributed by atoms with E-state index in [1.165, 1.54) is 18.7 Å². The third kappa shape index (κ3) is 4.62. The molecule has 156 valence electrons. The average molecular weight is 508 g/mol. The summed E-state index contributed by atoms with van der Waals surface area (Å²) in [5.41, 5.74) is 4.32. The number of carbonyl (C=O) groups excluding carboxylic acids is 1. The highest BCUT2D eigenvalue weighted by atomic mass is 79.9.